The highest BCUT2D eigenvalue weighted by Crippen LogP contribution is 2.50. The molecule has 0 aliphatic carbocycles. The molecule has 0 amide bonds. The molecule has 0 saturated carbocycles. The van der Waals surface area contributed by atoms with Gasteiger partial charge in [-0.25, -0.2) is 4.39 Å². The van der Waals surface area contributed by atoms with Crippen molar-refractivity contribution in [2.75, 3.05) is 20.8 Å². The van der Waals surface area contributed by atoms with Crippen molar-refractivity contribution in [3.63, 3.8) is 0 Å². The van der Waals surface area contributed by atoms with Crippen LogP contribution in [0.15, 0.2) is 78.9 Å². The molecular weight excluding hydrogens is 539 g/mol. The first-order chi connectivity index (χ1) is 20.0. The summed E-state index contributed by atoms with van der Waals surface area (Å²) in [5.41, 5.74) is 8.11. The quantitative estimate of drug-likeness (QED) is 0.227. The van der Waals surface area contributed by atoms with Crippen LogP contribution in [0.25, 0.3) is 10.9 Å². The zero-order chi connectivity index (χ0) is 28.1. The molecule has 0 radical (unpaired) electrons. The minimum absolute atomic E-state index is 0.0391. The van der Waals surface area contributed by atoms with Gasteiger partial charge in [0.05, 0.1) is 20.3 Å². The summed E-state index contributed by atoms with van der Waals surface area (Å²) in [7, 11) is 3.38. The molecule has 5 nitrogen and oxygen atoms in total. The van der Waals surface area contributed by atoms with Gasteiger partial charge in [-0.3, -0.25) is 4.90 Å². The summed E-state index contributed by atoms with van der Waals surface area (Å²) in [6, 6.07) is 25.1. The summed E-state index contributed by atoms with van der Waals surface area (Å²) >= 11 is 6.05. The van der Waals surface area contributed by atoms with Gasteiger partial charge in [-0.1, -0.05) is 35.9 Å². The van der Waals surface area contributed by atoms with Crippen molar-refractivity contribution in [3.8, 4) is 17.2 Å². The zero-order valence-electron chi connectivity index (χ0n) is 22.9. The molecule has 0 fully saturated rings. The summed E-state index contributed by atoms with van der Waals surface area (Å²) in [4.78, 5) is 6.25. The van der Waals surface area contributed by atoms with Gasteiger partial charge in [0.2, 0.25) is 0 Å². The Kier molecular flexibility index (Phi) is 6.60. The average Bonchev–Trinajstić information content (AvgIpc) is 3.37. The Morgan fingerprint density at radius 1 is 0.927 bits per heavy atom. The maximum Gasteiger partial charge on any atom is 0.161 e. The van der Waals surface area contributed by atoms with Gasteiger partial charge < -0.3 is 19.2 Å². The largest absolute Gasteiger partial charge is 0.497 e. The first-order valence-corrected chi connectivity index (χ1v) is 14.2. The Morgan fingerprint density at radius 3 is 2.49 bits per heavy atom. The molecule has 2 aliphatic rings. The van der Waals surface area contributed by atoms with Crippen LogP contribution < -0.4 is 14.2 Å². The van der Waals surface area contributed by atoms with Crippen LogP contribution in [0.2, 0.25) is 5.02 Å². The number of methoxy groups -OCH3 is 2. The van der Waals surface area contributed by atoms with Crippen LogP contribution in [0, 0.1) is 5.82 Å². The fourth-order valence-electron chi connectivity index (χ4n) is 6.47. The van der Waals surface area contributed by atoms with E-state index in [4.69, 9.17) is 25.8 Å². The molecule has 0 spiro atoms. The molecule has 1 aromatic heterocycles. The van der Waals surface area contributed by atoms with Crippen molar-refractivity contribution in [2.24, 2.45) is 0 Å². The molecule has 4 aromatic carbocycles. The molecule has 0 bridgehead atoms. The maximum absolute atomic E-state index is 14.0. The van der Waals surface area contributed by atoms with Crippen LogP contribution in [-0.2, 0) is 19.4 Å². The molecule has 3 heterocycles. The van der Waals surface area contributed by atoms with Crippen LogP contribution in [0.1, 0.15) is 45.6 Å². The lowest BCUT2D eigenvalue weighted by atomic mass is 9.80. The van der Waals surface area contributed by atoms with E-state index in [1.807, 2.05) is 42.5 Å². The van der Waals surface area contributed by atoms with Gasteiger partial charge >= 0.3 is 0 Å². The number of halogens is 2. The molecule has 1 N–H and O–H groups in total. The standard InChI is InChI=1S/C34H30ClFN2O3/c1-39-25-11-12-29-27(16-25)28-17-30-26-18-31(40-2)32(41-19-20-3-7-23(35)8-4-20)15-22(26)13-14-38(30)34(33(28)37-29)21-5-9-24(36)10-6-21/h3-12,15-16,18,30,34,37H,13-14,17,19H2,1-2H3. The van der Waals surface area contributed by atoms with Gasteiger partial charge in [0.25, 0.3) is 0 Å². The van der Waals surface area contributed by atoms with Crippen LogP contribution >= 0.6 is 11.6 Å². The van der Waals surface area contributed by atoms with Gasteiger partial charge in [0.1, 0.15) is 18.2 Å². The number of fused-ring (bicyclic) bond motifs is 6. The Balaban J connectivity index is 1.31. The number of nitrogens with one attached hydrogen (secondary N) is 1. The Hall–Kier alpha value is -4.00. The van der Waals surface area contributed by atoms with E-state index in [9.17, 15) is 4.39 Å². The number of hydrogen-bond acceptors (Lipinski definition) is 4. The third kappa shape index (κ3) is 4.61. The van der Waals surface area contributed by atoms with E-state index in [1.165, 1.54) is 16.7 Å². The number of ether oxygens (including phenoxy) is 3. The van der Waals surface area contributed by atoms with E-state index in [0.29, 0.717) is 17.4 Å². The second-order valence-corrected chi connectivity index (χ2v) is 11.1. The van der Waals surface area contributed by atoms with E-state index in [1.54, 1.807) is 26.4 Å². The minimum atomic E-state index is -0.234. The summed E-state index contributed by atoms with van der Waals surface area (Å²) in [6.45, 7) is 1.29. The first kappa shape index (κ1) is 25.9. The van der Waals surface area contributed by atoms with Crippen molar-refractivity contribution in [1.29, 1.82) is 0 Å². The van der Waals surface area contributed by atoms with Gasteiger partial charge in [-0.05, 0) is 95.3 Å². The number of nitrogens with zero attached hydrogens (tertiary/aromatic N) is 1. The summed E-state index contributed by atoms with van der Waals surface area (Å²) in [5, 5.41) is 1.86. The Morgan fingerprint density at radius 2 is 1.73 bits per heavy atom. The lowest BCUT2D eigenvalue weighted by Gasteiger charge is -2.46. The van der Waals surface area contributed by atoms with Crippen molar-refractivity contribution in [2.45, 2.75) is 31.5 Å². The van der Waals surface area contributed by atoms with Crippen molar-refractivity contribution in [3.05, 3.63) is 123 Å². The number of aromatic amines is 1. The Labute approximate surface area is 243 Å². The fourth-order valence-corrected chi connectivity index (χ4v) is 6.60. The topological polar surface area (TPSA) is 46.7 Å². The highest BCUT2D eigenvalue weighted by Gasteiger charge is 2.41. The summed E-state index contributed by atoms with van der Waals surface area (Å²) in [5.74, 6) is 2.04. The van der Waals surface area contributed by atoms with Gasteiger partial charge in [-0.15, -0.1) is 0 Å². The number of aromatic nitrogens is 1. The molecule has 208 valence electrons. The average molecular weight is 569 g/mol. The zero-order valence-corrected chi connectivity index (χ0v) is 23.7. The molecule has 2 unspecified atom stereocenters. The molecular formula is C34H30ClFN2O3. The second kappa shape index (κ2) is 10.4. The minimum Gasteiger partial charge on any atom is -0.497 e. The molecule has 2 aliphatic heterocycles. The smallest absolute Gasteiger partial charge is 0.161 e. The highest BCUT2D eigenvalue weighted by atomic mass is 35.5. The van der Waals surface area contributed by atoms with Gasteiger partial charge in [0, 0.05) is 34.2 Å². The monoisotopic (exact) mass is 568 g/mol. The van der Waals surface area contributed by atoms with Crippen LogP contribution in [0.5, 0.6) is 17.2 Å². The van der Waals surface area contributed by atoms with E-state index < -0.39 is 0 Å². The lowest BCUT2D eigenvalue weighted by molar-refractivity contribution is 0.127. The molecule has 0 saturated heterocycles. The molecule has 7 rings (SSSR count). The van der Waals surface area contributed by atoms with E-state index in [2.05, 4.69) is 34.1 Å². The predicted octanol–water partition coefficient (Wildman–Crippen LogP) is 7.80. The first-order valence-electron chi connectivity index (χ1n) is 13.8. The fraction of sp³-hybridized carbons (Fsp3) is 0.235. The SMILES string of the molecule is COc1ccc2[nH]c3c(c2c1)CC1c2cc(OC)c(OCc4ccc(Cl)cc4)cc2CCN1C3c1ccc(F)cc1. The predicted molar refractivity (Wildman–Crippen MR) is 159 cm³/mol. The van der Waals surface area contributed by atoms with E-state index in [0.717, 1.165) is 58.6 Å². The molecule has 2 atom stereocenters. The maximum atomic E-state index is 14.0. The lowest BCUT2D eigenvalue weighted by Crippen LogP contribution is -2.43. The second-order valence-electron chi connectivity index (χ2n) is 10.7. The Bertz CT molecular complexity index is 1730. The molecule has 5 aromatic rings. The highest BCUT2D eigenvalue weighted by molar-refractivity contribution is 6.30. The van der Waals surface area contributed by atoms with Gasteiger partial charge in [0.15, 0.2) is 11.5 Å². The molecule has 41 heavy (non-hydrogen) atoms. The number of benzene rings is 4. The normalized spacial score (nSPS) is 18.0. The van der Waals surface area contributed by atoms with Crippen molar-refractivity contribution >= 4 is 22.5 Å². The summed E-state index contributed by atoms with van der Waals surface area (Å²) < 4.78 is 31.6. The summed E-state index contributed by atoms with van der Waals surface area (Å²) in [6.07, 6.45) is 1.70. The molecule has 7 heteroatoms. The van der Waals surface area contributed by atoms with Crippen molar-refractivity contribution in [1.82, 2.24) is 9.88 Å². The number of H-pyrrole nitrogens is 1. The van der Waals surface area contributed by atoms with E-state index >= 15 is 0 Å². The van der Waals surface area contributed by atoms with Crippen LogP contribution in [-0.4, -0.2) is 30.6 Å². The van der Waals surface area contributed by atoms with Crippen LogP contribution in [0.3, 0.4) is 0 Å². The number of rotatable bonds is 6. The van der Waals surface area contributed by atoms with Crippen molar-refractivity contribution < 1.29 is 18.6 Å². The van der Waals surface area contributed by atoms with Crippen LogP contribution in [0.4, 0.5) is 4.39 Å². The number of hydrogen-bond donors (Lipinski definition) is 1. The van der Waals surface area contributed by atoms with Gasteiger partial charge in [-0.2, -0.15) is 0 Å². The third-order valence-electron chi connectivity index (χ3n) is 8.47. The van der Waals surface area contributed by atoms with E-state index in [-0.39, 0.29) is 17.9 Å². The third-order valence-corrected chi connectivity index (χ3v) is 8.72.